The van der Waals surface area contributed by atoms with E-state index in [4.69, 9.17) is 4.52 Å². The Kier molecular flexibility index (Phi) is 4.22. The van der Waals surface area contributed by atoms with Crippen molar-refractivity contribution < 1.29 is 14.1 Å². The Morgan fingerprint density at radius 2 is 2.09 bits per heavy atom. The first-order valence-corrected chi connectivity index (χ1v) is 7.31. The topological polar surface area (TPSA) is 91.6 Å². The Bertz CT molecular complexity index is 707. The van der Waals surface area contributed by atoms with Crippen LogP contribution in [0.2, 0.25) is 0 Å². The normalized spacial score (nSPS) is 14.7. The summed E-state index contributed by atoms with van der Waals surface area (Å²) in [4.78, 5) is 30.9. The van der Waals surface area contributed by atoms with Crippen molar-refractivity contribution >= 4 is 23.8 Å². The maximum atomic E-state index is 12.2. The molecule has 0 atom stereocenters. The van der Waals surface area contributed by atoms with Gasteiger partial charge in [-0.25, -0.2) is 0 Å². The lowest BCUT2D eigenvalue weighted by Gasteiger charge is -2.34. The number of aryl methyl sites for hydroxylation is 1. The zero-order chi connectivity index (χ0) is 16.2. The van der Waals surface area contributed by atoms with E-state index < -0.39 is 0 Å². The smallest absolute Gasteiger partial charge is 0.275 e. The molecule has 0 spiro atoms. The molecule has 0 unspecified atom stereocenters. The number of amides is 2. The lowest BCUT2D eigenvalue weighted by Crippen LogP contribution is -2.45. The fraction of sp³-hybridized carbons (Fsp3) is 0.333. The van der Waals surface area contributed by atoms with Crippen molar-refractivity contribution in [3.05, 3.63) is 35.9 Å². The van der Waals surface area contributed by atoms with Gasteiger partial charge in [0.2, 0.25) is 6.41 Å². The van der Waals surface area contributed by atoms with Gasteiger partial charge in [-0.15, -0.1) is 0 Å². The third kappa shape index (κ3) is 3.47. The van der Waals surface area contributed by atoms with Crippen molar-refractivity contribution in [2.75, 3.05) is 36.4 Å². The van der Waals surface area contributed by atoms with Crippen molar-refractivity contribution in [2.45, 2.75) is 6.92 Å². The second-order valence-electron chi connectivity index (χ2n) is 5.30. The van der Waals surface area contributed by atoms with Crippen LogP contribution in [0.5, 0.6) is 0 Å². The van der Waals surface area contributed by atoms with Crippen LogP contribution in [0.4, 0.5) is 11.5 Å². The molecule has 1 saturated heterocycles. The fourth-order valence-electron chi connectivity index (χ4n) is 2.43. The van der Waals surface area contributed by atoms with Gasteiger partial charge in [-0.05, 0) is 19.1 Å². The summed E-state index contributed by atoms with van der Waals surface area (Å²) < 4.78 is 4.91. The van der Waals surface area contributed by atoms with Crippen molar-refractivity contribution in [3.8, 4) is 0 Å². The van der Waals surface area contributed by atoms with E-state index in [1.807, 2.05) is 6.07 Å². The lowest BCUT2D eigenvalue weighted by atomic mass is 10.2. The third-order valence-electron chi connectivity index (χ3n) is 3.67. The third-order valence-corrected chi connectivity index (χ3v) is 3.67. The van der Waals surface area contributed by atoms with Crippen LogP contribution in [0.25, 0.3) is 0 Å². The Labute approximate surface area is 133 Å². The van der Waals surface area contributed by atoms with E-state index in [1.165, 1.54) is 0 Å². The summed E-state index contributed by atoms with van der Waals surface area (Å²) in [6.45, 7) is 4.55. The van der Waals surface area contributed by atoms with Crippen molar-refractivity contribution in [1.29, 1.82) is 0 Å². The molecule has 23 heavy (non-hydrogen) atoms. The maximum Gasteiger partial charge on any atom is 0.275 e. The maximum absolute atomic E-state index is 12.2. The molecule has 1 fully saturated rings. The minimum absolute atomic E-state index is 0.306. The summed E-state index contributed by atoms with van der Waals surface area (Å²) in [6.07, 6.45) is 2.47. The molecule has 0 saturated carbocycles. The minimum atomic E-state index is -0.341. The molecule has 1 aliphatic rings. The molecule has 3 rings (SSSR count). The van der Waals surface area contributed by atoms with Gasteiger partial charge in [-0.3, -0.25) is 14.6 Å². The van der Waals surface area contributed by atoms with Gasteiger partial charge in [0.05, 0.1) is 0 Å². The molecule has 0 bridgehead atoms. The number of carbonyl (C=O) groups excluding carboxylic acids is 2. The molecule has 8 nitrogen and oxygen atoms in total. The first-order valence-electron chi connectivity index (χ1n) is 7.31. The number of nitrogens with one attached hydrogen (secondary N) is 1. The van der Waals surface area contributed by atoms with E-state index in [-0.39, 0.29) is 5.91 Å². The number of hydrogen-bond donors (Lipinski definition) is 1. The number of piperazine rings is 1. The van der Waals surface area contributed by atoms with Crippen LogP contribution in [0.3, 0.4) is 0 Å². The number of hydrogen-bond acceptors (Lipinski definition) is 6. The van der Waals surface area contributed by atoms with Gasteiger partial charge in [0.1, 0.15) is 11.5 Å². The highest BCUT2D eigenvalue weighted by Gasteiger charge is 2.17. The Morgan fingerprint density at radius 1 is 1.30 bits per heavy atom. The second kappa shape index (κ2) is 6.47. The van der Waals surface area contributed by atoms with Gasteiger partial charge in [0, 0.05) is 44.1 Å². The highest BCUT2D eigenvalue weighted by Crippen LogP contribution is 2.17. The Hall–Kier alpha value is -2.90. The van der Waals surface area contributed by atoms with Crippen LogP contribution in [0.15, 0.2) is 28.9 Å². The molecule has 8 heteroatoms. The largest absolute Gasteiger partial charge is 0.368 e. The first-order chi connectivity index (χ1) is 11.2. The first kappa shape index (κ1) is 15.0. The molecule has 3 heterocycles. The molecule has 0 radical (unpaired) electrons. The van der Waals surface area contributed by atoms with E-state index >= 15 is 0 Å². The molecule has 120 valence electrons. The number of carbonyl (C=O) groups is 2. The van der Waals surface area contributed by atoms with Gasteiger partial charge in [-0.1, -0.05) is 5.16 Å². The molecule has 1 aliphatic heterocycles. The van der Waals surface area contributed by atoms with E-state index in [0.717, 1.165) is 25.2 Å². The molecule has 2 aromatic heterocycles. The predicted molar refractivity (Wildman–Crippen MR) is 83.3 cm³/mol. The predicted octanol–water partition coefficient (Wildman–Crippen LogP) is 0.909. The average molecular weight is 315 g/mol. The van der Waals surface area contributed by atoms with Gasteiger partial charge in [-0.2, -0.15) is 0 Å². The molecule has 0 aliphatic carbocycles. The summed E-state index contributed by atoms with van der Waals surface area (Å²) in [5.41, 5.74) is 1.22. The number of aromatic nitrogens is 2. The van der Waals surface area contributed by atoms with E-state index in [0.29, 0.717) is 30.4 Å². The van der Waals surface area contributed by atoms with Gasteiger partial charge in [0.15, 0.2) is 5.82 Å². The number of pyridine rings is 1. The van der Waals surface area contributed by atoms with Crippen LogP contribution in [0, 0.1) is 6.92 Å². The van der Waals surface area contributed by atoms with Crippen LogP contribution >= 0.6 is 0 Å². The summed E-state index contributed by atoms with van der Waals surface area (Å²) in [7, 11) is 0. The molecule has 2 aromatic rings. The molecule has 1 N–H and O–H groups in total. The zero-order valence-electron chi connectivity index (χ0n) is 12.7. The molecule has 0 aromatic carbocycles. The molecular formula is C15H17N5O3. The van der Waals surface area contributed by atoms with E-state index in [9.17, 15) is 9.59 Å². The van der Waals surface area contributed by atoms with Crippen LogP contribution in [-0.2, 0) is 4.79 Å². The van der Waals surface area contributed by atoms with E-state index in [2.05, 4.69) is 20.4 Å². The van der Waals surface area contributed by atoms with Crippen molar-refractivity contribution in [1.82, 2.24) is 15.0 Å². The summed E-state index contributed by atoms with van der Waals surface area (Å²) in [5, 5.41) is 6.37. The summed E-state index contributed by atoms with van der Waals surface area (Å²) in [6, 6.07) is 5.23. The Balaban J connectivity index is 1.69. The zero-order valence-corrected chi connectivity index (χ0v) is 12.7. The second-order valence-corrected chi connectivity index (χ2v) is 5.30. The van der Waals surface area contributed by atoms with Crippen LogP contribution in [0.1, 0.15) is 16.2 Å². The summed E-state index contributed by atoms with van der Waals surface area (Å²) in [5.74, 6) is 0.640. The van der Waals surface area contributed by atoms with Crippen molar-refractivity contribution in [2.24, 2.45) is 0 Å². The number of anilines is 2. The quantitative estimate of drug-likeness (QED) is 0.843. The number of rotatable bonds is 4. The average Bonchev–Trinajstić information content (AvgIpc) is 3.00. The lowest BCUT2D eigenvalue weighted by molar-refractivity contribution is -0.118. The van der Waals surface area contributed by atoms with Gasteiger partial charge >= 0.3 is 0 Å². The van der Waals surface area contributed by atoms with Crippen LogP contribution < -0.4 is 10.2 Å². The molecular weight excluding hydrogens is 298 g/mol. The van der Waals surface area contributed by atoms with Gasteiger partial charge in [0.25, 0.3) is 5.91 Å². The fourth-order valence-corrected chi connectivity index (χ4v) is 2.43. The van der Waals surface area contributed by atoms with Gasteiger partial charge < -0.3 is 19.6 Å². The summed E-state index contributed by atoms with van der Waals surface area (Å²) >= 11 is 0. The van der Waals surface area contributed by atoms with E-state index in [1.54, 1.807) is 30.2 Å². The van der Waals surface area contributed by atoms with Crippen molar-refractivity contribution in [3.63, 3.8) is 0 Å². The standard InChI is InChI=1S/C15H17N5O3/c1-11-8-14(18-23-11)17-15(22)13-9-12(2-3-16-13)20-6-4-19(10-21)5-7-20/h2-3,8-10H,4-7H2,1H3,(H,17,18,22). The monoisotopic (exact) mass is 315 g/mol. The van der Waals surface area contributed by atoms with Crippen LogP contribution in [-0.4, -0.2) is 53.5 Å². The highest BCUT2D eigenvalue weighted by atomic mass is 16.5. The number of nitrogens with zero attached hydrogens (tertiary/aromatic N) is 4. The Morgan fingerprint density at radius 3 is 2.74 bits per heavy atom. The molecule has 2 amide bonds. The highest BCUT2D eigenvalue weighted by molar-refractivity contribution is 6.02. The SMILES string of the molecule is Cc1cc(NC(=O)c2cc(N3CCN(C=O)CC3)ccn2)no1. The minimum Gasteiger partial charge on any atom is -0.368 e.